The average Bonchev–Trinajstić information content (AvgIpc) is 3.39. The maximum atomic E-state index is 12.6. The maximum absolute atomic E-state index is 12.6. The number of hydrogen-bond donors (Lipinski definition) is 2. The number of nitrogens with one attached hydrogen (secondary N) is 2. The van der Waals surface area contributed by atoms with E-state index >= 15 is 0 Å². The zero-order valence-electron chi connectivity index (χ0n) is 15.6. The highest BCUT2D eigenvalue weighted by Crippen LogP contribution is 2.20. The van der Waals surface area contributed by atoms with E-state index in [0.717, 1.165) is 27.5 Å². The molecule has 3 heterocycles. The van der Waals surface area contributed by atoms with Crippen LogP contribution in [0.2, 0.25) is 0 Å². The molecular formula is C20H21BrN4O4. The Bertz CT molecular complexity index is 951. The molecule has 2 amide bonds. The second-order valence-electron chi connectivity index (χ2n) is 6.96. The number of aromatic nitrogens is 1. The van der Waals surface area contributed by atoms with Crippen LogP contribution in [0.4, 0.5) is 4.79 Å². The third kappa shape index (κ3) is 4.68. The quantitative estimate of drug-likeness (QED) is 0.666. The Morgan fingerprint density at radius 1 is 1.38 bits per heavy atom. The predicted octanol–water partition coefficient (Wildman–Crippen LogP) is 2.59. The van der Waals surface area contributed by atoms with E-state index in [1.807, 2.05) is 36.4 Å². The van der Waals surface area contributed by atoms with Gasteiger partial charge in [0.05, 0.1) is 12.1 Å². The smallest absolute Gasteiger partial charge is 0.410 e. The number of hydroxylamine groups is 1. The molecule has 2 atom stereocenters. The minimum atomic E-state index is -0.529. The molecule has 8 nitrogen and oxygen atoms in total. The van der Waals surface area contributed by atoms with Crippen LogP contribution >= 0.6 is 15.9 Å². The van der Waals surface area contributed by atoms with Crippen molar-refractivity contribution in [1.29, 1.82) is 0 Å². The minimum absolute atomic E-state index is 0.113. The molecule has 1 aromatic heterocycles. The number of amides is 2. The average molecular weight is 461 g/mol. The maximum Gasteiger partial charge on any atom is 0.410 e. The largest absolute Gasteiger partial charge is 0.444 e. The van der Waals surface area contributed by atoms with Gasteiger partial charge in [0.1, 0.15) is 23.4 Å². The van der Waals surface area contributed by atoms with Gasteiger partial charge in [-0.05, 0) is 47.0 Å². The van der Waals surface area contributed by atoms with Crippen molar-refractivity contribution < 1.29 is 19.2 Å². The first-order valence-corrected chi connectivity index (χ1v) is 10.2. The van der Waals surface area contributed by atoms with E-state index in [1.54, 1.807) is 6.20 Å². The molecule has 2 N–H and O–H groups in total. The molecule has 4 rings (SSSR count). The third-order valence-electron chi connectivity index (χ3n) is 4.92. The zero-order valence-corrected chi connectivity index (χ0v) is 17.2. The van der Waals surface area contributed by atoms with Crippen LogP contribution in [-0.4, -0.2) is 47.1 Å². The molecule has 9 heteroatoms. The Morgan fingerprint density at radius 2 is 2.24 bits per heavy atom. The number of halogens is 1. The van der Waals surface area contributed by atoms with Crippen LogP contribution in [0.3, 0.4) is 0 Å². The molecule has 0 aliphatic carbocycles. The minimum Gasteiger partial charge on any atom is -0.444 e. The van der Waals surface area contributed by atoms with Gasteiger partial charge in [0, 0.05) is 23.7 Å². The summed E-state index contributed by atoms with van der Waals surface area (Å²) in [7, 11) is 0. The van der Waals surface area contributed by atoms with E-state index in [9.17, 15) is 9.59 Å². The number of carbonyl (C=O) groups is 2. The summed E-state index contributed by atoms with van der Waals surface area (Å²) >= 11 is 3.27. The monoisotopic (exact) mass is 460 g/mol. The van der Waals surface area contributed by atoms with Crippen LogP contribution in [0, 0.1) is 0 Å². The number of fused-ring (bicyclic) bond motifs is 1. The van der Waals surface area contributed by atoms with Crippen LogP contribution in [0.25, 0.3) is 10.9 Å². The molecule has 29 heavy (non-hydrogen) atoms. The van der Waals surface area contributed by atoms with Crippen LogP contribution in [0.15, 0.2) is 47.2 Å². The van der Waals surface area contributed by atoms with Crippen LogP contribution in [0.1, 0.15) is 18.4 Å². The summed E-state index contributed by atoms with van der Waals surface area (Å²) in [5.74, 6) is -0.202. The van der Waals surface area contributed by atoms with E-state index < -0.39 is 12.1 Å². The Hall–Kier alpha value is -2.65. The lowest BCUT2D eigenvalue weighted by Gasteiger charge is -2.23. The van der Waals surface area contributed by atoms with E-state index in [2.05, 4.69) is 31.7 Å². The van der Waals surface area contributed by atoms with E-state index in [1.165, 1.54) is 4.90 Å². The van der Waals surface area contributed by atoms with Crippen molar-refractivity contribution in [3.8, 4) is 0 Å². The number of rotatable bonds is 5. The molecule has 2 aliphatic rings. The molecule has 2 aromatic rings. The van der Waals surface area contributed by atoms with Gasteiger partial charge >= 0.3 is 6.09 Å². The second kappa shape index (κ2) is 8.79. The molecule has 152 valence electrons. The number of hydrogen-bond acceptors (Lipinski definition) is 6. The van der Waals surface area contributed by atoms with Gasteiger partial charge in [0.2, 0.25) is 5.91 Å². The SMILES string of the molecule is O=C(NCC1C=C(Br)NO1)[C@@H]1CCCN1C(=O)OCc1cnc2ccccc2c1. The standard InChI is InChI=1S/C20H21BrN4O4/c21-18-9-15(29-24-18)11-23-19(26)17-6-3-7-25(17)20(27)28-12-13-8-14-4-1-2-5-16(14)22-10-13/h1-2,4-5,8-10,15,17,24H,3,6-7,11-12H2,(H,23,26)/t15?,17-/m0/s1. The first-order valence-electron chi connectivity index (χ1n) is 9.44. The Balaban J connectivity index is 1.31. The first-order chi connectivity index (χ1) is 14.1. The Labute approximate surface area is 176 Å². The number of likely N-dealkylation sites (tertiary alicyclic amines) is 1. The van der Waals surface area contributed by atoms with Crippen molar-refractivity contribution in [2.24, 2.45) is 0 Å². The lowest BCUT2D eigenvalue weighted by Crippen LogP contribution is -2.47. The fourth-order valence-electron chi connectivity index (χ4n) is 3.46. The molecule has 1 saturated heterocycles. The van der Waals surface area contributed by atoms with Gasteiger partial charge in [-0.3, -0.25) is 25.0 Å². The number of benzene rings is 1. The van der Waals surface area contributed by atoms with Gasteiger partial charge in [-0.25, -0.2) is 4.79 Å². The summed E-state index contributed by atoms with van der Waals surface area (Å²) in [6, 6.07) is 9.18. The lowest BCUT2D eigenvalue weighted by molar-refractivity contribution is -0.125. The fraction of sp³-hybridized carbons (Fsp3) is 0.350. The molecule has 2 aliphatic heterocycles. The molecular weight excluding hydrogens is 440 g/mol. The summed E-state index contributed by atoms with van der Waals surface area (Å²) in [5.41, 5.74) is 4.37. The number of para-hydroxylation sites is 1. The van der Waals surface area contributed by atoms with Crippen molar-refractivity contribution in [3.05, 3.63) is 52.8 Å². The fourth-order valence-corrected chi connectivity index (χ4v) is 3.85. The summed E-state index contributed by atoms with van der Waals surface area (Å²) in [6.45, 7) is 0.935. The van der Waals surface area contributed by atoms with Crippen molar-refractivity contribution in [3.63, 3.8) is 0 Å². The molecule has 1 aromatic carbocycles. The second-order valence-corrected chi connectivity index (χ2v) is 7.81. The van der Waals surface area contributed by atoms with Gasteiger partial charge < -0.3 is 10.1 Å². The topological polar surface area (TPSA) is 92.8 Å². The van der Waals surface area contributed by atoms with Crippen molar-refractivity contribution >= 4 is 38.8 Å². The van der Waals surface area contributed by atoms with Gasteiger partial charge in [0.25, 0.3) is 0 Å². The van der Waals surface area contributed by atoms with Gasteiger partial charge in [-0.1, -0.05) is 18.2 Å². The van der Waals surface area contributed by atoms with Crippen molar-refractivity contribution in [2.45, 2.75) is 31.6 Å². The summed E-state index contributed by atoms with van der Waals surface area (Å²) in [6.07, 6.45) is 4.15. The Morgan fingerprint density at radius 3 is 3.07 bits per heavy atom. The van der Waals surface area contributed by atoms with Gasteiger partial charge in [-0.2, -0.15) is 0 Å². The number of ether oxygens (including phenoxy) is 1. The summed E-state index contributed by atoms with van der Waals surface area (Å²) in [5, 5.41) is 3.83. The highest BCUT2D eigenvalue weighted by atomic mass is 79.9. The number of nitrogens with zero attached hydrogens (tertiary/aromatic N) is 2. The predicted molar refractivity (Wildman–Crippen MR) is 110 cm³/mol. The molecule has 1 fully saturated rings. The van der Waals surface area contributed by atoms with Crippen molar-refractivity contribution in [1.82, 2.24) is 20.7 Å². The number of carbonyl (C=O) groups excluding carboxylic acids is 2. The summed E-state index contributed by atoms with van der Waals surface area (Å²) < 4.78 is 6.18. The Kier molecular flexibility index (Phi) is 5.96. The van der Waals surface area contributed by atoms with Crippen LogP contribution in [-0.2, 0) is 21.0 Å². The molecule has 0 bridgehead atoms. The van der Waals surface area contributed by atoms with Crippen LogP contribution < -0.4 is 10.8 Å². The van der Waals surface area contributed by atoms with Crippen molar-refractivity contribution in [2.75, 3.05) is 13.1 Å². The highest BCUT2D eigenvalue weighted by molar-refractivity contribution is 9.11. The zero-order chi connectivity index (χ0) is 20.2. The highest BCUT2D eigenvalue weighted by Gasteiger charge is 2.35. The van der Waals surface area contributed by atoms with E-state index in [0.29, 0.717) is 19.5 Å². The molecule has 1 unspecified atom stereocenters. The summed E-state index contributed by atoms with van der Waals surface area (Å²) in [4.78, 5) is 36.2. The molecule has 0 radical (unpaired) electrons. The van der Waals surface area contributed by atoms with Crippen LogP contribution in [0.5, 0.6) is 0 Å². The van der Waals surface area contributed by atoms with Gasteiger partial charge in [0.15, 0.2) is 0 Å². The molecule has 0 spiro atoms. The normalized spacial score (nSPS) is 21.0. The third-order valence-corrected chi connectivity index (χ3v) is 5.34. The number of pyridine rings is 1. The van der Waals surface area contributed by atoms with E-state index in [4.69, 9.17) is 9.57 Å². The van der Waals surface area contributed by atoms with Gasteiger partial charge in [-0.15, -0.1) is 0 Å². The lowest BCUT2D eigenvalue weighted by atomic mass is 10.2. The first kappa shape index (κ1) is 19.7. The molecule has 0 saturated carbocycles. The van der Waals surface area contributed by atoms with E-state index in [-0.39, 0.29) is 18.6 Å².